The number of thioether (sulfide) groups is 1. The summed E-state index contributed by atoms with van der Waals surface area (Å²) in [6, 6.07) is 0. The number of thiol groups is 1. The van der Waals surface area contributed by atoms with E-state index in [1.807, 2.05) is 5.38 Å². The van der Waals surface area contributed by atoms with E-state index in [1.54, 1.807) is 19.1 Å². The van der Waals surface area contributed by atoms with Gasteiger partial charge in [-0.15, -0.1) is 23.1 Å². The minimum atomic E-state index is -0.886. The molecular weight excluding hydrogens is 406 g/mol. The number of hydrogen-bond donors (Lipinski definition) is 3. The molecule has 1 amide bonds. The number of hydrogen-bond acceptors (Lipinski definition) is 9. The van der Waals surface area contributed by atoms with Gasteiger partial charge in [-0.05, 0) is 19.1 Å². The van der Waals surface area contributed by atoms with Crippen LogP contribution in [-0.4, -0.2) is 57.3 Å². The van der Waals surface area contributed by atoms with E-state index in [-0.39, 0.29) is 24.8 Å². The highest BCUT2D eigenvalue weighted by atomic mass is 32.2. The Bertz CT molecular complexity index is 735. The molecule has 148 valence electrons. The molecule has 0 fully saturated rings. The van der Waals surface area contributed by atoms with Gasteiger partial charge in [-0.1, -0.05) is 12.2 Å². The van der Waals surface area contributed by atoms with Crippen molar-refractivity contribution in [2.75, 3.05) is 18.6 Å². The van der Waals surface area contributed by atoms with Gasteiger partial charge < -0.3 is 15.2 Å². The molecule has 0 saturated heterocycles. The van der Waals surface area contributed by atoms with E-state index < -0.39 is 11.6 Å². The first-order valence-corrected chi connectivity index (χ1v) is 10.9. The lowest BCUT2D eigenvalue weighted by Gasteiger charge is -2.15. The van der Waals surface area contributed by atoms with Crippen LogP contribution in [0.2, 0.25) is 0 Å². The number of ether oxygens (including phenoxy) is 1. The van der Waals surface area contributed by atoms with E-state index >= 15 is 0 Å². The minimum Gasteiger partial charge on any atom is -0.467 e. The Kier molecular flexibility index (Phi) is 8.33. The summed E-state index contributed by atoms with van der Waals surface area (Å²) in [5.41, 5.74) is -0.194. The molecule has 2 atom stereocenters. The van der Waals surface area contributed by atoms with Crippen molar-refractivity contribution in [1.82, 2.24) is 10.3 Å². The number of esters is 1. The minimum absolute atomic E-state index is 0.00134. The molecular formula is C17H23N3O4S3. The predicted octanol–water partition coefficient (Wildman–Crippen LogP) is 1.81. The van der Waals surface area contributed by atoms with Crippen molar-refractivity contribution in [3.05, 3.63) is 28.2 Å². The molecule has 10 heteroatoms. The fraction of sp³-hybridized carbons (Fsp3) is 0.529. The zero-order chi connectivity index (χ0) is 19.9. The lowest BCUT2D eigenvalue weighted by Crippen LogP contribution is -2.34. The third-order valence-corrected chi connectivity index (χ3v) is 6.11. The van der Waals surface area contributed by atoms with Gasteiger partial charge in [0.1, 0.15) is 15.7 Å². The van der Waals surface area contributed by atoms with E-state index in [9.17, 15) is 14.7 Å². The molecule has 0 unspecified atom stereocenters. The maximum atomic E-state index is 11.9. The van der Waals surface area contributed by atoms with Crippen LogP contribution < -0.4 is 5.32 Å². The van der Waals surface area contributed by atoms with Crippen molar-refractivity contribution >= 4 is 52.6 Å². The van der Waals surface area contributed by atoms with Gasteiger partial charge in [0.25, 0.3) is 0 Å². The average molecular weight is 430 g/mol. The van der Waals surface area contributed by atoms with Crippen LogP contribution in [0.5, 0.6) is 0 Å². The SMILES string of the molecule is COC(=O)[C@]1(C)CSC(c2csc(CNC(=O)C[C@H](O)/C=C/CCS)n2)=N1. The molecule has 1 aliphatic heterocycles. The van der Waals surface area contributed by atoms with Crippen LogP contribution in [0.15, 0.2) is 22.5 Å². The van der Waals surface area contributed by atoms with Crippen LogP contribution in [0.3, 0.4) is 0 Å². The molecule has 0 aliphatic carbocycles. The average Bonchev–Trinajstić information content (AvgIpc) is 3.27. The summed E-state index contributed by atoms with van der Waals surface area (Å²) in [6.07, 6.45) is 3.35. The molecule has 0 spiro atoms. The molecule has 2 heterocycles. The van der Waals surface area contributed by atoms with Gasteiger partial charge in [0.2, 0.25) is 5.91 Å². The van der Waals surface area contributed by atoms with E-state index in [2.05, 4.69) is 27.9 Å². The lowest BCUT2D eigenvalue weighted by molar-refractivity contribution is -0.145. The number of carbonyl (C=O) groups is 2. The van der Waals surface area contributed by atoms with Crippen LogP contribution in [0.1, 0.15) is 30.5 Å². The fourth-order valence-corrected chi connectivity index (χ4v) is 4.34. The van der Waals surface area contributed by atoms with Gasteiger partial charge in [-0.2, -0.15) is 12.6 Å². The lowest BCUT2D eigenvalue weighted by atomic mass is 10.1. The van der Waals surface area contributed by atoms with E-state index in [0.29, 0.717) is 22.2 Å². The maximum Gasteiger partial charge on any atom is 0.334 e. The summed E-state index contributed by atoms with van der Waals surface area (Å²) < 4.78 is 4.80. The summed E-state index contributed by atoms with van der Waals surface area (Å²) in [4.78, 5) is 32.7. The van der Waals surface area contributed by atoms with Crippen LogP contribution in [-0.2, 0) is 20.9 Å². The third kappa shape index (κ3) is 6.34. The number of allylic oxidation sites excluding steroid dienone is 1. The van der Waals surface area contributed by atoms with Crippen molar-refractivity contribution in [2.45, 2.75) is 38.0 Å². The summed E-state index contributed by atoms with van der Waals surface area (Å²) in [6.45, 7) is 2.02. The van der Waals surface area contributed by atoms with Crippen LogP contribution in [0.25, 0.3) is 0 Å². The standard InChI is InChI=1S/C17H23N3O4S3/c1-17(16(23)24-2)10-27-15(20-17)12-9-26-14(19-12)8-18-13(22)7-11(21)5-3-4-6-25/h3,5,9,11,21,25H,4,6-8,10H2,1-2H3,(H,18,22)/b5-3+/t11-,17+/m1/s1. The Hall–Kier alpha value is -1.36. The molecule has 0 radical (unpaired) electrons. The monoisotopic (exact) mass is 429 g/mol. The van der Waals surface area contributed by atoms with Gasteiger partial charge in [-0.25, -0.2) is 9.78 Å². The van der Waals surface area contributed by atoms with Crippen molar-refractivity contribution in [3.8, 4) is 0 Å². The molecule has 1 aliphatic rings. The number of methoxy groups -OCH3 is 1. The topological polar surface area (TPSA) is 101 Å². The van der Waals surface area contributed by atoms with Gasteiger partial charge >= 0.3 is 5.97 Å². The number of rotatable bonds is 9. The van der Waals surface area contributed by atoms with Gasteiger partial charge in [0.05, 0.1) is 26.2 Å². The van der Waals surface area contributed by atoms with Gasteiger partial charge in [0.15, 0.2) is 5.54 Å². The number of aliphatic hydroxyl groups excluding tert-OH is 1. The fourth-order valence-electron chi connectivity index (χ4n) is 2.28. The number of aliphatic imine (C=N–C) groups is 1. The van der Waals surface area contributed by atoms with Gasteiger partial charge in [0, 0.05) is 11.1 Å². The zero-order valence-electron chi connectivity index (χ0n) is 15.2. The molecule has 1 aromatic heterocycles. The Morgan fingerprint density at radius 2 is 2.33 bits per heavy atom. The smallest absolute Gasteiger partial charge is 0.334 e. The highest BCUT2D eigenvalue weighted by Gasteiger charge is 2.40. The molecule has 0 bridgehead atoms. The van der Waals surface area contributed by atoms with Crippen LogP contribution in [0, 0.1) is 0 Å². The molecule has 1 aromatic rings. The Morgan fingerprint density at radius 3 is 3.04 bits per heavy atom. The Morgan fingerprint density at radius 1 is 1.56 bits per heavy atom. The highest BCUT2D eigenvalue weighted by molar-refractivity contribution is 8.14. The molecule has 0 saturated carbocycles. The Labute approximate surface area is 172 Å². The number of aliphatic hydroxyl groups is 1. The molecule has 7 nitrogen and oxygen atoms in total. The summed E-state index contributed by atoms with van der Waals surface area (Å²) in [5.74, 6) is 0.594. The van der Waals surface area contributed by atoms with Gasteiger partial charge in [-0.3, -0.25) is 9.79 Å². The number of nitrogens with one attached hydrogen (secondary N) is 1. The highest BCUT2D eigenvalue weighted by Crippen LogP contribution is 2.32. The zero-order valence-corrected chi connectivity index (χ0v) is 17.7. The van der Waals surface area contributed by atoms with Crippen LogP contribution >= 0.6 is 35.7 Å². The largest absolute Gasteiger partial charge is 0.467 e. The second-order valence-corrected chi connectivity index (χ2v) is 8.44. The quantitative estimate of drug-likeness (QED) is 0.314. The third-order valence-electron chi connectivity index (χ3n) is 3.72. The van der Waals surface area contributed by atoms with Crippen molar-refractivity contribution < 1.29 is 19.4 Å². The first-order chi connectivity index (χ1) is 12.9. The molecule has 27 heavy (non-hydrogen) atoms. The molecule has 2 rings (SSSR count). The maximum absolute atomic E-state index is 11.9. The van der Waals surface area contributed by atoms with Crippen molar-refractivity contribution in [1.29, 1.82) is 0 Å². The predicted molar refractivity (Wildman–Crippen MR) is 112 cm³/mol. The van der Waals surface area contributed by atoms with Crippen molar-refractivity contribution in [3.63, 3.8) is 0 Å². The Balaban J connectivity index is 1.87. The number of carbonyl (C=O) groups excluding carboxylic acids is 2. The van der Waals surface area contributed by atoms with E-state index in [0.717, 1.165) is 11.4 Å². The van der Waals surface area contributed by atoms with E-state index in [1.165, 1.54) is 30.2 Å². The number of thiazole rings is 1. The normalized spacial score (nSPS) is 20.5. The number of amides is 1. The summed E-state index contributed by atoms with van der Waals surface area (Å²) >= 11 is 6.94. The van der Waals surface area contributed by atoms with E-state index in [4.69, 9.17) is 4.74 Å². The first-order valence-electron chi connectivity index (χ1n) is 8.36. The second-order valence-electron chi connectivity index (χ2n) is 6.09. The first kappa shape index (κ1) is 21.9. The second kappa shape index (κ2) is 10.3. The molecule has 2 N–H and O–H groups in total. The molecule has 0 aromatic carbocycles. The van der Waals surface area contributed by atoms with Crippen LogP contribution in [0.4, 0.5) is 0 Å². The number of nitrogens with zero attached hydrogens (tertiary/aromatic N) is 2. The summed E-state index contributed by atoms with van der Waals surface area (Å²) in [5, 5.41) is 15.8. The summed E-state index contributed by atoms with van der Waals surface area (Å²) in [7, 11) is 1.35. The number of aromatic nitrogens is 1. The van der Waals surface area contributed by atoms with Crippen molar-refractivity contribution in [2.24, 2.45) is 4.99 Å².